The Bertz CT molecular complexity index is 644. The average Bonchev–Trinajstić information content (AvgIpc) is 2.40. The Balaban J connectivity index is 2.52. The summed E-state index contributed by atoms with van der Waals surface area (Å²) in [7, 11) is 1.49. The molecule has 0 aliphatic rings. The third kappa shape index (κ3) is 3.04. The molecule has 0 bridgehead atoms. The first-order chi connectivity index (χ1) is 9.43. The summed E-state index contributed by atoms with van der Waals surface area (Å²) < 4.78 is 32.3. The summed E-state index contributed by atoms with van der Waals surface area (Å²) in [4.78, 5) is -0.213. The van der Waals surface area contributed by atoms with E-state index in [1.54, 1.807) is 12.1 Å². The lowest BCUT2D eigenvalue weighted by Crippen LogP contribution is -2.01. The molecule has 5 heteroatoms. The van der Waals surface area contributed by atoms with E-state index in [9.17, 15) is 8.78 Å². The van der Waals surface area contributed by atoms with Crippen LogP contribution in [0.3, 0.4) is 0 Å². The standard InChI is InChI=1S/C15H12Br2F2O/c1-8-5-9(18)3-4-10(8)15(17)11-6-12(16)13(19)7-14(11)20-2/h3-7,15H,1-2H3. The van der Waals surface area contributed by atoms with Crippen molar-refractivity contribution in [3.63, 3.8) is 0 Å². The maximum Gasteiger partial charge on any atom is 0.141 e. The van der Waals surface area contributed by atoms with Crippen LogP contribution in [0.2, 0.25) is 0 Å². The van der Waals surface area contributed by atoms with E-state index in [-0.39, 0.29) is 16.5 Å². The number of alkyl halides is 1. The predicted octanol–water partition coefficient (Wildman–Crippen LogP) is 5.53. The van der Waals surface area contributed by atoms with Gasteiger partial charge in [-0.05, 0) is 52.2 Å². The molecule has 2 aromatic rings. The summed E-state index contributed by atoms with van der Waals surface area (Å²) in [5.74, 6) is -0.226. The van der Waals surface area contributed by atoms with E-state index in [1.165, 1.54) is 25.3 Å². The molecule has 0 saturated carbocycles. The van der Waals surface area contributed by atoms with E-state index in [2.05, 4.69) is 31.9 Å². The van der Waals surface area contributed by atoms with Gasteiger partial charge in [0.15, 0.2) is 0 Å². The highest BCUT2D eigenvalue weighted by atomic mass is 79.9. The fourth-order valence-electron chi connectivity index (χ4n) is 2.01. The Kier molecular flexibility index (Phi) is 4.81. The van der Waals surface area contributed by atoms with Gasteiger partial charge in [-0.25, -0.2) is 8.78 Å². The Morgan fingerprint density at radius 3 is 2.40 bits per heavy atom. The molecule has 1 atom stereocenters. The molecule has 0 amide bonds. The molecule has 0 radical (unpaired) electrons. The second kappa shape index (κ2) is 6.22. The summed E-state index contributed by atoms with van der Waals surface area (Å²) in [5.41, 5.74) is 2.49. The van der Waals surface area contributed by atoms with E-state index < -0.39 is 0 Å². The van der Waals surface area contributed by atoms with Gasteiger partial charge in [-0.1, -0.05) is 22.0 Å². The van der Waals surface area contributed by atoms with Crippen LogP contribution < -0.4 is 4.74 Å². The number of hydrogen-bond donors (Lipinski definition) is 0. The zero-order valence-electron chi connectivity index (χ0n) is 10.9. The van der Waals surface area contributed by atoms with Gasteiger partial charge in [-0.2, -0.15) is 0 Å². The van der Waals surface area contributed by atoms with Gasteiger partial charge in [0.05, 0.1) is 16.4 Å². The van der Waals surface area contributed by atoms with Crippen LogP contribution in [-0.4, -0.2) is 7.11 Å². The van der Waals surface area contributed by atoms with Crippen molar-refractivity contribution in [3.05, 3.63) is 63.1 Å². The quantitative estimate of drug-likeness (QED) is 0.610. The normalized spacial score (nSPS) is 12.3. The van der Waals surface area contributed by atoms with E-state index >= 15 is 0 Å². The summed E-state index contributed by atoms with van der Waals surface area (Å²) in [6.45, 7) is 1.83. The summed E-state index contributed by atoms with van der Waals surface area (Å²) in [6, 6.07) is 7.57. The van der Waals surface area contributed by atoms with Crippen molar-refractivity contribution in [2.75, 3.05) is 7.11 Å². The summed E-state index contributed by atoms with van der Waals surface area (Å²) in [5, 5.41) is 0. The number of halogens is 4. The third-order valence-electron chi connectivity index (χ3n) is 3.05. The zero-order valence-corrected chi connectivity index (χ0v) is 14.1. The molecule has 0 saturated heterocycles. The molecular formula is C15H12Br2F2O. The Hall–Kier alpha value is -0.940. The van der Waals surface area contributed by atoms with Crippen LogP contribution in [0.15, 0.2) is 34.8 Å². The van der Waals surface area contributed by atoms with Crippen molar-refractivity contribution in [1.29, 1.82) is 0 Å². The molecule has 20 heavy (non-hydrogen) atoms. The lowest BCUT2D eigenvalue weighted by atomic mass is 9.99. The summed E-state index contributed by atoms with van der Waals surface area (Å²) in [6.07, 6.45) is 0. The minimum absolute atomic E-state index is 0.213. The largest absolute Gasteiger partial charge is 0.496 e. The van der Waals surface area contributed by atoms with E-state index in [4.69, 9.17) is 4.74 Å². The van der Waals surface area contributed by atoms with E-state index in [1.807, 2.05) is 6.92 Å². The minimum Gasteiger partial charge on any atom is -0.496 e. The van der Waals surface area contributed by atoms with E-state index in [0.717, 1.165) is 16.7 Å². The first kappa shape index (κ1) is 15.4. The Morgan fingerprint density at radius 1 is 1.10 bits per heavy atom. The molecule has 0 aliphatic heterocycles. The number of hydrogen-bond acceptors (Lipinski definition) is 1. The van der Waals surface area contributed by atoms with Crippen molar-refractivity contribution in [2.24, 2.45) is 0 Å². The van der Waals surface area contributed by atoms with Crippen molar-refractivity contribution >= 4 is 31.9 Å². The van der Waals surface area contributed by atoms with E-state index in [0.29, 0.717) is 10.2 Å². The number of methoxy groups -OCH3 is 1. The second-order valence-corrected chi connectivity index (χ2v) is 6.14. The van der Waals surface area contributed by atoms with Crippen LogP contribution in [0, 0.1) is 18.6 Å². The lowest BCUT2D eigenvalue weighted by Gasteiger charge is -2.17. The van der Waals surface area contributed by atoms with Crippen LogP contribution in [0.1, 0.15) is 21.5 Å². The highest BCUT2D eigenvalue weighted by Gasteiger charge is 2.19. The van der Waals surface area contributed by atoms with Gasteiger partial charge in [-0.3, -0.25) is 0 Å². The highest BCUT2D eigenvalue weighted by Crippen LogP contribution is 2.40. The van der Waals surface area contributed by atoms with Gasteiger partial charge in [0, 0.05) is 11.6 Å². The SMILES string of the molecule is COc1cc(F)c(Br)cc1C(Br)c1ccc(F)cc1C. The molecular weight excluding hydrogens is 394 g/mol. The topological polar surface area (TPSA) is 9.23 Å². The molecule has 2 aromatic carbocycles. The van der Waals surface area contributed by atoms with Crippen LogP contribution >= 0.6 is 31.9 Å². The molecule has 0 aromatic heterocycles. The molecule has 0 aliphatic carbocycles. The Labute approximate surface area is 133 Å². The molecule has 1 unspecified atom stereocenters. The smallest absolute Gasteiger partial charge is 0.141 e. The van der Waals surface area contributed by atoms with Gasteiger partial charge in [0.25, 0.3) is 0 Å². The second-order valence-electron chi connectivity index (χ2n) is 4.37. The number of ether oxygens (including phenoxy) is 1. The minimum atomic E-state index is -0.388. The average molecular weight is 406 g/mol. The van der Waals surface area contributed by atoms with Crippen molar-refractivity contribution in [3.8, 4) is 5.75 Å². The molecule has 0 N–H and O–H groups in total. The van der Waals surface area contributed by atoms with Crippen LogP contribution in [-0.2, 0) is 0 Å². The van der Waals surface area contributed by atoms with Crippen molar-refractivity contribution in [2.45, 2.75) is 11.8 Å². The van der Waals surface area contributed by atoms with Gasteiger partial charge in [0.1, 0.15) is 17.4 Å². The molecule has 0 fully saturated rings. The fourth-order valence-corrected chi connectivity index (χ4v) is 3.24. The molecule has 0 spiro atoms. The van der Waals surface area contributed by atoms with Crippen molar-refractivity contribution in [1.82, 2.24) is 0 Å². The highest BCUT2D eigenvalue weighted by molar-refractivity contribution is 9.10. The van der Waals surface area contributed by atoms with Gasteiger partial charge >= 0.3 is 0 Å². The molecule has 2 rings (SSSR count). The maximum atomic E-state index is 13.6. The predicted molar refractivity (Wildman–Crippen MR) is 82.6 cm³/mol. The van der Waals surface area contributed by atoms with Crippen LogP contribution in [0.5, 0.6) is 5.75 Å². The molecule has 1 nitrogen and oxygen atoms in total. The first-order valence-electron chi connectivity index (χ1n) is 5.87. The zero-order chi connectivity index (χ0) is 14.9. The molecule has 0 heterocycles. The first-order valence-corrected chi connectivity index (χ1v) is 7.58. The van der Waals surface area contributed by atoms with Gasteiger partial charge < -0.3 is 4.74 Å². The summed E-state index contributed by atoms with van der Waals surface area (Å²) >= 11 is 6.74. The van der Waals surface area contributed by atoms with Crippen LogP contribution in [0.4, 0.5) is 8.78 Å². The number of rotatable bonds is 3. The third-order valence-corrected chi connectivity index (χ3v) is 4.64. The number of benzene rings is 2. The fraction of sp³-hybridized carbons (Fsp3) is 0.200. The lowest BCUT2D eigenvalue weighted by molar-refractivity contribution is 0.406. The van der Waals surface area contributed by atoms with Crippen LogP contribution in [0.25, 0.3) is 0 Å². The van der Waals surface area contributed by atoms with Crippen molar-refractivity contribution < 1.29 is 13.5 Å². The Morgan fingerprint density at radius 2 is 1.80 bits per heavy atom. The molecule has 106 valence electrons. The monoisotopic (exact) mass is 404 g/mol. The maximum absolute atomic E-state index is 13.6. The number of aryl methyl sites for hydroxylation is 1. The van der Waals surface area contributed by atoms with Gasteiger partial charge in [0.2, 0.25) is 0 Å². The van der Waals surface area contributed by atoms with Gasteiger partial charge in [-0.15, -0.1) is 0 Å².